The van der Waals surface area contributed by atoms with Crippen LogP contribution in [0.1, 0.15) is 46.5 Å². The van der Waals surface area contributed by atoms with Gasteiger partial charge in [0.15, 0.2) is 5.96 Å². The molecule has 0 aliphatic carbocycles. The fourth-order valence-electron chi connectivity index (χ4n) is 2.04. The molecule has 1 heterocycles. The minimum atomic E-state index is -0.474. The zero-order valence-electron chi connectivity index (χ0n) is 13.4. The first-order valence-electron chi connectivity index (χ1n) is 7.40. The van der Waals surface area contributed by atoms with Gasteiger partial charge in [-0.25, -0.2) is 4.79 Å². The van der Waals surface area contributed by atoms with Gasteiger partial charge in [0.1, 0.15) is 5.60 Å². The molecule has 6 nitrogen and oxygen atoms in total. The van der Waals surface area contributed by atoms with Crippen LogP contribution in [0.5, 0.6) is 0 Å². The van der Waals surface area contributed by atoms with Crippen LogP contribution in [0, 0.1) is 0 Å². The van der Waals surface area contributed by atoms with E-state index in [9.17, 15) is 4.79 Å². The molecule has 0 aromatic rings. The van der Waals surface area contributed by atoms with Gasteiger partial charge in [-0.15, -0.1) is 24.0 Å². The van der Waals surface area contributed by atoms with E-state index in [4.69, 9.17) is 10.5 Å². The minimum absolute atomic E-state index is 0. The van der Waals surface area contributed by atoms with E-state index in [1.807, 2.05) is 20.8 Å². The number of amides is 1. The van der Waals surface area contributed by atoms with E-state index in [0.717, 1.165) is 13.1 Å². The van der Waals surface area contributed by atoms with Crippen molar-refractivity contribution in [2.75, 3.05) is 26.2 Å². The number of guanidine groups is 1. The van der Waals surface area contributed by atoms with Gasteiger partial charge >= 0.3 is 6.09 Å². The lowest BCUT2D eigenvalue weighted by Gasteiger charge is -2.21. The third-order valence-corrected chi connectivity index (χ3v) is 2.98. The number of ether oxygens (including phenoxy) is 1. The molecular weight excluding hydrogens is 383 g/mol. The molecule has 0 radical (unpaired) electrons. The molecule has 0 aromatic carbocycles. The summed E-state index contributed by atoms with van der Waals surface area (Å²) in [6.45, 7) is 8.38. The molecular formula is C14H29IN4O2. The van der Waals surface area contributed by atoms with Crippen LogP contribution in [0.3, 0.4) is 0 Å². The highest BCUT2D eigenvalue weighted by molar-refractivity contribution is 14.0. The average molecular weight is 412 g/mol. The van der Waals surface area contributed by atoms with Gasteiger partial charge in [-0.3, -0.25) is 4.99 Å². The molecule has 0 atom stereocenters. The molecule has 1 saturated heterocycles. The number of halogens is 1. The van der Waals surface area contributed by atoms with Gasteiger partial charge in [-0.05, 0) is 33.6 Å². The topological polar surface area (TPSA) is 79.9 Å². The second-order valence-corrected chi connectivity index (χ2v) is 6.07. The van der Waals surface area contributed by atoms with Crippen LogP contribution in [0.2, 0.25) is 0 Å². The summed E-state index contributed by atoms with van der Waals surface area (Å²) in [5, 5.41) is 2.67. The number of rotatable bonds is 3. The number of nitrogens with one attached hydrogen (secondary N) is 1. The summed E-state index contributed by atoms with van der Waals surface area (Å²) in [6.07, 6.45) is 4.47. The maximum Gasteiger partial charge on any atom is 0.407 e. The Bertz CT molecular complexity index is 334. The first-order valence-corrected chi connectivity index (χ1v) is 7.40. The third kappa shape index (κ3) is 9.76. The van der Waals surface area contributed by atoms with Gasteiger partial charge in [0.25, 0.3) is 0 Å². The van der Waals surface area contributed by atoms with Crippen molar-refractivity contribution in [3.63, 3.8) is 0 Å². The molecule has 1 rings (SSSR count). The SMILES string of the molecule is CC(C)(C)OC(=O)NCCN=C(N)N1CCCCCC1.I. The van der Waals surface area contributed by atoms with E-state index in [1.165, 1.54) is 25.7 Å². The molecule has 0 aromatic heterocycles. The largest absolute Gasteiger partial charge is 0.444 e. The maximum absolute atomic E-state index is 11.4. The molecule has 0 unspecified atom stereocenters. The zero-order valence-corrected chi connectivity index (χ0v) is 15.7. The first-order chi connectivity index (χ1) is 9.38. The van der Waals surface area contributed by atoms with E-state index in [-0.39, 0.29) is 24.0 Å². The van der Waals surface area contributed by atoms with E-state index >= 15 is 0 Å². The smallest absolute Gasteiger partial charge is 0.407 e. The summed E-state index contributed by atoms with van der Waals surface area (Å²) in [7, 11) is 0. The van der Waals surface area contributed by atoms with E-state index in [0.29, 0.717) is 19.0 Å². The quantitative estimate of drug-likeness (QED) is 0.323. The van der Waals surface area contributed by atoms with Crippen LogP contribution in [-0.4, -0.2) is 48.7 Å². The molecule has 124 valence electrons. The summed E-state index contributed by atoms with van der Waals surface area (Å²) in [4.78, 5) is 17.9. The normalized spacial score (nSPS) is 16.7. The number of hydrogen-bond acceptors (Lipinski definition) is 3. The number of carbonyl (C=O) groups is 1. The summed E-state index contributed by atoms with van der Waals surface area (Å²) in [5.74, 6) is 0.581. The average Bonchev–Trinajstić information content (AvgIpc) is 2.61. The van der Waals surface area contributed by atoms with Crippen LogP contribution < -0.4 is 11.1 Å². The van der Waals surface area contributed by atoms with Crippen molar-refractivity contribution >= 4 is 36.0 Å². The summed E-state index contributed by atoms with van der Waals surface area (Å²) in [6, 6.07) is 0. The van der Waals surface area contributed by atoms with Gasteiger partial charge in [0.05, 0.1) is 6.54 Å². The predicted octanol–water partition coefficient (Wildman–Crippen LogP) is 2.32. The zero-order chi connectivity index (χ0) is 15.0. The Morgan fingerprint density at radius 1 is 1.24 bits per heavy atom. The Labute approximate surface area is 144 Å². The standard InChI is InChI=1S/C14H28N4O2.HI/c1-14(2,3)20-13(19)17-9-8-16-12(15)18-10-6-4-5-7-11-18;/h4-11H2,1-3H3,(H2,15,16)(H,17,19);1H. The van der Waals surface area contributed by atoms with Crippen LogP contribution in [-0.2, 0) is 4.74 Å². The lowest BCUT2D eigenvalue weighted by Crippen LogP contribution is -2.39. The van der Waals surface area contributed by atoms with Crippen molar-refractivity contribution < 1.29 is 9.53 Å². The van der Waals surface area contributed by atoms with Crippen molar-refractivity contribution in [2.24, 2.45) is 10.7 Å². The highest BCUT2D eigenvalue weighted by Gasteiger charge is 2.15. The summed E-state index contributed by atoms with van der Waals surface area (Å²) >= 11 is 0. The van der Waals surface area contributed by atoms with Crippen LogP contribution >= 0.6 is 24.0 Å². The number of nitrogens with zero attached hydrogens (tertiary/aromatic N) is 2. The van der Waals surface area contributed by atoms with E-state index < -0.39 is 11.7 Å². The van der Waals surface area contributed by atoms with Crippen LogP contribution in [0.25, 0.3) is 0 Å². The Kier molecular flexibility index (Phi) is 9.72. The predicted molar refractivity (Wildman–Crippen MR) is 96.2 cm³/mol. The molecule has 21 heavy (non-hydrogen) atoms. The lowest BCUT2D eigenvalue weighted by molar-refractivity contribution is 0.0529. The number of hydrogen-bond donors (Lipinski definition) is 2. The molecule has 3 N–H and O–H groups in total. The van der Waals surface area contributed by atoms with Crippen molar-refractivity contribution in [3.8, 4) is 0 Å². The fourth-order valence-corrected chi connectivity index (χ4v) is 2.04. The van der Waals surface area contributed by atoms with Crippen molar-refractivity contribution in [3.05, 3.63) is 0 Å². The number of nitrogens with two attached hydrogens (primary N) is 1. The monoisotopic (exact) mass is 412 g/mol. The molecule has 7 heteroatoms. The van der Waals surface area contributed by atoms with Gasteiger partial charge < -0.3 is 20.7 Å². The highest BCUT2D eigenvalue weighted by Crippen LogP contribution is 2.09. The minimum Gasteiger partial charge on any atom is -0.444 e. The van der Waals surface area contributed by atoms with Gasteiger partial charge in [-0.2, -0.15) is 0 Å². The second-order valence-electron chi connectivity index (χ2n) is 6.07. The lowest BCUT2D eigenvalue weighted by atomic mass is 10.2. The number of aliphatic imine (C=N–C) groups is 1. The fraction of sp³-hybridized carbons (Fsp3) is 0.857. The van der Waals surface area contributed by atoms with E-state index in [1.54, 1.807) is 0 Å². The molecule has 1 fully saturated rings. The molecule has 1 amide bonds. The van der Waals surface area contributed by atoms with Crippen LogP contribution in [0.15, 0.2) is 4.99 Å². The van der Waals surface area contributed by atoms with Gasteiger partial charge in [-0.1, -0.05) is 12.8 Å². The van der Waals surface area contributed by atoms with Crippen molar-refractivity contribution in [2.45, 2.75) is 52.1 Å². The van der Waals surface area contributed by atoms with Crippen molar-refractivity contribution in [1.82, 2.24) is 10.2 Å². The Balaban J connectivity index is 0.00000400. The number of carbonyl (C=O) groups excluding carboxylic acids is 1. The molecule has 1 aliphatic heterocycles. The molecule has 0 bridgehead atoms. The number of likely N-dealkylation sites (tertiary alicyclic amines) is 1. The highest BCUT2D eigenvalue weighted by atomic mass is 127. The summed E-state index contributed by atoms with van der Waals surface area (Å²) < 4.78 is 5.14. The maximum atomic E-state index is 11.4. The van der Waals surface area contributed by atoms with Gasteiger partial charge in [0, 0.05) is 19.6 Å². The second kappa shape index (κ2) is 10.1. The molecule has 0 saturated carbocycles. The Hall–Kier alpha value is -0.730. The van der Waals surface area contributed by atoms with Gasteiger partial charge in [0.2, 0.25) is 0 Å². The number of alkyl carbamates (subject to hydrolysis) is 1. The van der Waals surface area contributed by atoms with Crippen LogP contribution in [0.4, 0.5) is 4.79 Å². The third-order valence-electron chi connectivity index (χ3n) is 2.98. The Morgan fingerprint density at radius 3 is 2.33 bits per heavy atom. The Morgan fingerprint density at radius 2 is 1.81 bits per heavy atom. The van der Waals surface area contributed by atoms with Crippen molar-refractivity contribution in [1.29, 1.82) is 0 Å². The molecule has 0 spiro atoms. The van der Waals surface area contributed by atoms with E-state index in [2.05, 4.69) is 15.2 Å². The molecule has 1 aliphatic rings. The first kappa shape index (κ1) is 20.3. The summed E-state index contributed by atoms with van der Waals surface area (Å²) in [5.41, 5.74) is 5.49.